The summed E-state index contributed by atoms with van der Waals surface area (Å²) in [5.74, 6) is 1.54. The molecule has 1 atom stereocenters. The van der Waals surface area contributed by atoms with Crippen molar-refractivity contribution in [3.63, 3.8) is 0 Å². The molecule has 0 aliphatic carbocycles. The summed E-state index contributed by atoms with van der Waals surface area (Å²) in [4.78, 5) is 0. The van der Waals surface area contributed by atoms with Crippen LogP contribution in [-0.2, 0) is 11.2 Å². The van der Waals surface area contributed by atoms with Crippen LogP contribution < -0.4 is 15.2 Å². The second kappa shape index (κ2) is 6.46. The number of methoxy groups -OCH3 is 1. The molecule has 1 aromatic rings. The smallest absolute Gasteiger partial charge is 0.161 e. The maximum absolute atomic E-state index is 6.06. The minimum atomic E-state index is -0.232. The Morgan fingerprint density at radius 2 is 2.15 bits per heavy atom. The van der Waals surface area contributed by atoms with E-state index in [1.807, 2.05) is 26.0 Å². The fourth-order valence-electron chi connectivity index (χ4n) is 2.43. The monoisotopic (exact) mass is 279 g/mol. The van der Waals surface area contributed by atoms with Crippen LogP contribution in [0, 0.1) is 0 Å². The van der Waals surface area contributed by atoms with Gasteiger partial charge in [0.15, 0.2) is 11.5 Å². The first-order valence-electron chi connectivity index (χ1n) is 7.18. The van der Waals surface area contributed by atoms with Crippen molar-refractivity contribution in [3.05, 3.63) is 23.8 Å². The summed E-state index contributed by atoms with van der Waals surface area (Å²) >= 11 is 0. The SMILES string of the molecule is COc1cc(CC(C)(C)N)ccc1OC1CCCOC1. The molecule has 1 aliphatic heterocycles. The third kappa shape index (κ3) is 4.39. The molecule has 0 radical (unpaired) electrons. The Kier molecular flexibility index (Phi) is 4.89. The Hall–Kier alpha value is -1.26. The third-order valence-corrected chi connectivity index (χ3v) is 3.30. The molecular formula is C16H25NO3. The molecule has 1 saturated heterocycles. The molecule has 1 aromatic carbocycles. The fraction of sp³-hybridized carbons (Fsp3) is 0.625. The third-order valence-electron chi connectivity index (χ3n) is 3.30. The highest BCUT2D eigenvalue weighted by Gasteiger charge is 2.18. The molecule has 20 heavy (non-hydrogen) atoms. The number of nitrogens with two attached hydrogens (primary N) is 1. The summed E-state index contributed by atoms with van der Waals surface area (Å²) in [5, 5.41) is 0. The van der Waals surface area contributed by atoms with Gasteiger partial charge in [0, 0.05) is 12.1 Å². The van der Waals surface area contributed by atoms with E-state index in [-0.39, 0.29) is 11.6 Å². The number of hydrogen-bond donors (Lipinski definition) is 1. The predicted octanol–water partition coefficient (Wildman–Crippen LogP) is 2.53. The predicted molar refractivity (Wildman–Crippen MR) is 79.4 cm³/mol. The van der Waals surface area contributed by atoms with Crippen LogP contribution >= 0.6 is 0 Å². The molecule has 112 valence electrons. The van der Waals surface area contributed by atoms with Crippen LogP contribution in [0.15, 0.2) is 18.2 Å². The number of ether oxygens (including phenoxy) is 3. The number of benzene rings is 1. The second-order valence-electron chi connectivity index (χ2n) is 6.11. The van der Waals surface area contributed by atoms with Crippen LogP contribution in [-0.4, -0.2) is 32.0 Å². The van der Waals surface area contributed by atoms with Gasteiger partial charge in [-0.3, -0.25) is 0 Å². The summed E-state index contributed by atoms with van der Waals surface area (Å²) in [6, 6.07) is 6.03. The maximum atomic E-state index is 6.06. The Morgan fingerprint density at radius 3 is 2.75 bits per heavy atom. The van der Waals surface area contributed by atoms with Gasteiger partial charge < -0.3 is 19.9 Å². The molecule has 4 nitrogen and oxygen atoms in total. The topological polar surface area (TPSA) is 53.7 Å². The van der Waals surface area contributed by atoms with Crippen molar-refractivity contribution < 1.29 is 14.2 Å². The van der Waals surface area contributed by atoms with E-state index in [4.69, 9.17) is 19.9 Å². The van der Waals surface area contributed by atoms with Crippen LogP contribution in [0.3, 0.4) is 0 Å². The molecule has 0 spiro atoms. The normalized spacial score (nSPS) is 19.7. The van der Waals surface area contributed by atoms with Crippen molar-refractivity contribution in [3.8, 4) is 11.5 Å². The lowest BCUT2D eigenvalue weighted by atomic mass is 9.96. The summed E-state index contributed by atoms with van der Waals surface area (Å²) in [6.45, 7) is 5.52. The average Bonchev–Trinajstić information content (AvgIpc) is 2.40. The van der Waals surface area contributed by atoms with Gasteiger partial charge in [-0.15, -0.1) is 0 Å². The van der Waals surface area contributed by atoms with Gasteiger partial charge in [-0.1, -0.05) is 6.07 Å². The Bertz CT molecular complexity index is 434. The minimum Gasteiger partial charge on any atom is -0.493 e. The lowest BCUT2D eigenvalue weighted by Crippen LogP contribution is -2.34. The lowest BCUT2D eigenvalue weighted by molar-refractivity contribution is 0.00643. The summed E-state index contributed by atoms with van der Waals surface area (Å²) in [7, 11) is 1.66. The van der Waals surface area contributed by atoms with E-state index >= 15 is 0 Å². The van der Waals surface area contributed by atoms with Crippen LogP contribution in [0.4, 0.5) is 0 Å². The first-order chi connectivity index (χ1) is 9.48. The highest BCUT2D eigenvalue weighted by atomic mass is 16.5. The first kappa shape index (κ1) is 15.1. The largest absolute Gasteiger partial charge is 0.493 e. The van der Waals surface area contributed by atoms with Crippen molar-refractivity contribution in [1.29, 1.82) is 0 Å². The van der Waals surface area contributed by atoms with Crippen molar-refractivity contribution in [2.45, 2.75) is 44.8 Å². The van der Waals surface area contributed by atoms with E-state index in [1.165, 1.54) is 0 Å². The Labute approximate surface area is 121 Å². The molecule has 4 heteroatoms. The van der Waals surface area contributed by atoms with Crippen LogP contribution in [0.25, 0.3) is 0 Å². The highest BCUT2D eigenvalue weighted by Crippen LogP contribution is 2.31. The number of hydrogen-bond acceptors (Lipinski definition) is 4. The van der Waals surface area contributed by atoms with E-state index in [0.29, 0.717) is 6.61 Å². The maximum Gasteiger partial charge on any atom is 0.161 e. The molecule has 1 unspecified atom stereocenters. The lowest BCUT2D eigenvalue weighted by Gasteiger charge is -2.25. The molecular weight excluding hydrogens is 254 g/mol. The Morgan fingerprint density at radius 1 is 1.35 bits per heavy atom. The molecule has 2 N–H and O–H groups in total. The minimum absolute atomic E-state index is 0.120. The molecule has 0 amide bonds. The zero-order valence-corrected chi connectivity index (χ0v) is 12.6. The van der Waals surface area contributed by atoms with Gasteiger partial charge in [0.2, 0.25) is 0 Å². The van der Waals surface area contributed by atoms with Gasteiger partial charge in [0.25, 0.3) is 0 Å². The van der Waals surface area contributed by atoms with Gasteiger partial charge >= 0.3 is 0 Å². The highest BCUT2D eigenvalue weighted by molar-refractivity contribution is 5.43. The van der Waals surface area contributed by atoms with Gasteiger partial charge in [-0.25, -0.2) is 0 Å². The van der Waals surface area contributed by atoms with E-state index in [0.717, 1.165) is 42.9 Å². The van der Waals surface area contributed by atoms with Crippen LogP contribution in [0.2, 0.25) is 0 Å². The fourth-order valence-corrected chi connectivity index (χ4v) is 2.43. The Balaban J connectivity index is 2.08. The van der Waals surface area contributed by atoms with Gasteiger partial charge in [-0.2, -0.15) is 0 Å². The molecule has 0 saturated carbocycles. The molecule has 0 bridgehead atoms. The van der Waals surface area contributed by atoms with Crippen LogP contribution in [0.1, 0.15) is 32.3 Å². The van der Waals surface area contributed by atoms with E-state index in [1.54, 1.807) is 7.11 Å². The van der Waals surface area contributed by atoms with Crippen molar-refractivity contribution in [1.82, 2.24) is 0 Å². The summed E-state index contributed by atoms with van der Waals surface area (Å²) in [5.41, 5.74) is 6.98. The van der Waals surface area contributed by atoms with E-state index in [9.17, 15) is 0 Å². The number of rotatable bonds is 5. The standard InChI is InChI=1S/C16H25NO3/c1-16(2,17)10-12-6-7-14(15(9-12)18-3)20-13-5-4-8-19-11-13/h6-7,9,13H,4-5,8,10-11,17H2,1-3H3. The van der Waals surface area contributed by atoms with Gasteiger partial charge in [0.05, 0.1) is 13.7 Å². The molecule has 2 rings (SSSR count). The zero-order chi connectivity index (χ0) is 14.6. The second-order valence-corrected chi connectivity index (χ2v) is 6.11. The van der Waals surface area contributed by atoms with Gasteiger partial charge in [-0.05, 0) is 50.8 Å². The van der Waals surface area contributed by atoms with Crippen molar-refractivity contribution >= 4 is 0 Å². The van der Waals surface area contributed by atoms with Crippen LogP contribution in [0.5, 0.6) is 11.5 Å². The summed E-state index contributed by atoms with van der Waals surface area (Å²) < 4.78 is 16.9. The zero-order valence-electron chi connectivity index (χ0n) is 12.6. The van der Waals surface area contributed by atoms with E-state index in [2.05, 4.69) is 6.07 Å². The molecule has 1 heterocycles. The first-order valence-corrected chi connectivity index (χ1v) is 7.18. The summed E-state index contributed by atoms with van der Waals surface area (Å²) in [6.07, 6.45) is 3.00. The van der Waals surface area contributed by atoms with Crippen molar-refractivity contribution in [2.24, 2.45) is 5.73 Å². The quantitative estimate of drug-likeness (QED) is 0.900. The molecule has 0 aromatic heterocycles. The van der Waals surface area contributed by atoms with E-state index < -0.39 is 0 Å². The molecule has 1 fully saturated rings. The average molecular weight is 279 g/mol. The molecule has 1 aliphatic rings. The van der Waals surface area contributed by atoms with Crippen molar-refractivity contribution in [2.75, 3.05) is 20.3 Å². The van der Waals surface area contributed by atoms with Gasteiger partial charge in [0.1, 0.15) is 6.10 Å².